The second-order valence-corrected chi connectivity index (χ2v) is 7.68. The van der Waals surface area contributed by atoms with Crippen molar-refractivity contribution in [1.82, 2.24) is 20.0 Å². The summed E-state index contributed by atoms with van der Waals surface area (Å²) in [6.07, 6.45) is 5.58. The van der Waals surface area contributed by atoms with E-state index in [1.165, 1.54) is 12.1 Å². The van der Waals surface area contributed by atoms with Crippen LogP contribution >= 0.6 is 0 Å². The van der Waals surface area contributed by atoms with Gasteiger partial charge in [0.15, 0.2) is 0 Å². The fourth-order valence-electron chi connectivity index (χ4n) is 3.97. The molecular formula is C25H17FN6. The number of aromatic nitrogens is 4. The number of hydrogen-bond donors (Lipinski definition) is 1. The molecule has 154 valence electrons. The number of halogens is 1. The standard InChI is InChI=1S/C25H17FN6/c26-20-3-1-2-17(10-20)15-32-25(8-9-28-32)18-6-7-22-21(13-18)24(31-30-22)12-16-4-5-19-14-27-29-23(19)11-16/h1-14H,15H2,(H,27,29)/b24-12+. The van der Waals surface area contributed by atoms with Crippen molar-refractivity contribution >= 4 is 28.4 Å². The molecule has 1 N–H and O–H groups in total. The molecule has 0 aliphatic carbocycles. The first-order valence-corrected chi connectivity index (χ1v) is 10.2. The van der Waals surface area contributed by atoms with Crippen LogP contribution in [0.15, 0.2) is 89.4 Å². The zero-order chi connectivity index (χ0) is 21.5. The fraction of sp³-hybridized carbons (Fsp3) is 0.0400. The second-order valence-electron chi connectivity index (χ2n) is 7.68. The number of azo groups is 1. The van der Waals surface area contributed by atoms with Gasteiger partial charge in [0.05, 0.1) is 35.3 Å². The van der Waals surface area contributed by atoms with E-state index in [-0.39, 0.29) is 5.82 Å². The number of benzene rings is 3. The first kappa shape index (κ1) is 18.4. The minimum Gasteiger partial charge on any atom is -0.278 e. The van der Waals surface area contributed by atoms with Gasteiger partial charge in [-0.15, -0.1) is 10.2 Å². The number of rotatable bonds is 4. The summed E-state index contributed by atoms with van der Waals surface area (Å²) >= 11 is 0. The van der Waals surface area contributed by atoms with E-state index in [2.05, 4.69) is 31.6 Å². The summed E-state index contributed by atoms with van der Waals surface area (Å²) in [6, 6.07) is 20.7. The molecule has 0 radical (unpaired) electrons. The highest BCUT2D eigenvalue weighted by atomic mass is 19.1. The molecule has 0 bridgehead atoms. The summed E-state index contributed by atoms with van der Waals surface area (Å²) in [5.74, 6) is -0.250. The van der Waals surface area contributed by atoms with E-state index in [4.69, 9.17) is 0 Å². The minimum atomic E-state index is -0.250. The smallest absolute Gasteiger partial charge is 0.123 e. The molecule has 2 aromatic heterocycles. The second kappa shape index (κ2) is 7.39. The highest BCUT2D eigenvalue weighted by molar-refractivity contribution is 5.91. The van der Waals surface area contributed by atoms with Crippen LogP contribution in [0.1, 0.15) is 16.7 Å². The topological polar surface area (TPSA) is 71.2 Å². The van der Waals surface area contributed by atoms with Crippen LogP contribution in [0.3, 0.4) is 0 Å². The Morgan fingerprint density at radius 1 is 0.969 bits per heavy atom. The van der Waals surface area contributed by atoms with Crippen molar-refractivity contribution < 1.29 is 4.39 Å². The van der Waals surface area contributed by atoms with Crippen molar-refractivity contribution in [2.24, 2.45) is 10.2 Å². The zero-order valence-corrected chi connectivity index (χ0v) is 16.9. The Morgan fingerprint density at radius 2 is 1.94 bits per heavy atom. The van der Waals surface area contributed by atoms with Crippen LogP contribution in [0.25, 0.3) is 33.9 Å². The molecule has 32 heavy (non-hydrogen) atoms. The van der Waals surface area contributed by atoms with E-state index in [0.717, 1.165) is 50.2 Å². The summed E-state index contributed by atoms with van der Waals surface area (Å²) in [6.45, 7) is 0.485. The Hall–Kier alpha value is -4.39. The number of nitrogens with one attached hydrogen (secondary N) is 1. The van der Waals surface area contributed by atoms with Gasteiger partial charge in [-0.1, -0.05) is 30.3 Å². The average Bonchev–Trinajstić information content (AvgIpc) is 3.53. The van der Waals surface area contributed by atoms with E-state index in [0.29, 0.717) is 6.54 Å². The Bertz CT molecular complexity index is 1520. The van der Waals surface area contributed by atoms with Gasteiger partial charge >= 0.3 is 0 Å². The Kier molecular flexibility index (Phi) is 4.24. The molecule has 7 heteroatoms. The van der Waals surface area contributed by atoms with E-state index in [9.17, 15) is 4.39 Å². The lowest BCUT2D eigenvalue weighted by Gasteiger charge is -2.09. The van der Waals surface area contributed by atoms with Gasteiger partial charge in [-0.05, 0) is 53.6 Å². The lowest BCUT2D eigenvalue weighted by atomic mass is 10.0. The highest BCUT2D eigenvalue weighted by Gasteiger charge is 2.17. The Labute approximate surface area is 182 Å². The van der Waals surface area contributed by atoms with Crippen molar-refractivity contribution in [2.45, 2.75) is 6.54 Å². The maximum absolute atomic E-state index is 13.6. The van der Waals surface area contributed by atoms with Crippen LogP contribution in [0.4, 0.5) is 10.1 Å². The molecule has 0 saturated heterocycles. The SMILES string of the molecule is Fc1cccc(Cn2nccc2-c2ccc3c(c2)/C(=C\c2ccc4cn[nH]c4c2)N=N3)c1. The van der Waals surface area contributed by atoms with Crippen LogP contribution in [0.2, 0.25) is 0 Å². The molecule has 1 aliphatic rings. The van der Waals surface area contributed by atoms with Crippen molar-refractivity contribution in [3.8, 4) is 11.3 Å². The molecule has 0 amide bonds. The Balaban J connectivity index is 1.35. The van der Waals surface area contributed by atoms with E-state index in [1.54, 1.807) is 18.5 Å². The van der Waals surface area contributed by atoms with Crippen LogP contribution < -0.4 is 0 Å². The van der Waals surface area contributed by atoms with Gasteiger partial charge in [0.1, 0.15) is 5.82 Å². The maximum Gasteiger partial charge on any atom is 0.123 e. The molecule has 6 nitrogen and oxygen atoms in total. The third-order valence-corrected chi connectivity index (χ3v) is 5.54. The normalized spacial score (nSPS) is 13.8. The van der Waals surface area contributed by atoms with Crippen molar-refractivity contribution in [1.29, 1.82) is 0 Å². The van der Waals surface area contributed by atoms with Gasteiger partial charge in [0.2, 0.25) is 0 Å². The summed E-state index contributed by atoms with van der Waals surface area (Å²) in [5.41, 5.74) is 7.40. The molecule has 6 rings (SSSR count). The van der Waals surface area contributed by atoms with Gasteiger partial charge in [-0.25, -0.2) is 4.39 Å². The first-order valence-electron chi connectivity index (χ1n) is 10.2. The van der Waals surface area contributed by atoms with Crippen molar-refractivity contribution in [3.63, 3.8) is 0 Å². The first-order chi connectivity index (χ1) is 15.7. The van der Waals surface area contributed by atoms with Gasteiger partial charge in [-0.2, -0.15) is 10.2 Å². The summed E-state index contributed by atoms with van der Waals surface area (Å²) in [4.78, 5) is 0. The van der Waals surface area contributed by atoms with Crippen molar-refractivity contribution in [3.05, 3.63) is 102 Å². The van der Waals surface area contributed by atoms with E-state index in [1.807, 2.05) is 53.2 Å². The summed E-state index contributed by atoms with van der Waals surface area (Å²) in [7, 11) is 0. The third-order valence-electron chi connectivity index (χ3n) is 5.54. The van der Waals surface area contributed by atoms with Crippen molar-refractivity contribution in [2.75, 3.05) is 0 Å². The molecule has 0 atom stereocenters. The summed E-state index contributed by atoms with van der Waals surface area (Å²) < 4.78 is 15.5. The number of aromatic amines is 1. The number of nitrogens with zero attached hydrogens (tertiary/aromatic N) is 5. The van der Waals surface area contributed by atoms with Crippen LogP contribution in [-0.4, -0.2) is 20.0 Å². The largest absolute Gasteiger partial charge is 0.278 e. The lowest BCUT2D eigenvalue weighted by Crippen LogP contribution is -2.04. The molecule has 0 spiro atoms. The number of fused-ring (bicyclic) bond motifs is 2. The zero-order valence-electron chi connectivity index (χ0n) is 16.9. The van der Waals surface area contributed by atoms with Crippen LogP contribution in [0.5, 0.6) is 0 Å². The molecule has 3 aromatic carbocycles. The lowest BCUT2D eigenvalue weighted by molar-refractivity contribution is 0.620. The monoisotopic (exact) mass is 420 g/mol. The molecule has 3 heterocycles. The van der Waals surface area contributed by atoms with Gasteiger partial charge < -0.3 is 0 Å². The predicted octanol–water partition coefficient (Wildman–Crippen LogP) is 6.21. The molecule has 0 saturated carbocycles. The van der Waals surface area contributed by atoms with E-state index >= 15 is 0 Å². The minimum absolute atomic E-state index is 0.250. The number of hydrogen-bond acceptors (Lipinski definition) is 4. The maximum atomic E-state index is 13.6. The number of H-pyrrole nitrogens is 1. The molecule has 1 aliphatic heterocycles. The Morgan fingerprint density at radius 3 is 2.88 bits per heavy atom. The van der Waals surface area contributed by atoms with Gasteiger partial charge in [0.25, 0.3) is 0 Å². The van der Waals surface area contributed by atoms with Gasteiger partial charge in [0, 0.05) is 22.7 Å². The predicted molar refractivity (Wildman–Crippen MR) is 122 cm³/mol. The summed E-state index contributed by atoms with van der Waals surface area (Å²) in [5, 5.41) is 21.3. The molecular weight excluding hydrogens is 403 g/mol. The van der Waals surface area contributed by atoms with Crippen LogP contribution in [0, 0.1) is 5.82 Å². The van der Waals surface area contributed by atoms with Gasteiger partial charge in [-0.3, -0.25) is 9.78 Å². The molecule has 0 fully saturated rings. The molecule has 0 unspecified atom stereocenters. The fourth-order valence-corrected chi connectivity index (χ4v) is 3.97. The average molecular weight is 420 g/mol. The van der Waals surface area contributed by atoms with E-state index < -0.39 is 0 Å². The highest BCUT2D eigenvalue weighted by Crippen LogP contribution is 2.39. The third kappa shape index (κ3) is 3.30. The molecule has 5 aromatic rings. The van der Waals surface area contributed by atoms with Crippen LogP contribution in [-0.2, 0) is 6.54 Å². The quantitative estimate of drug-likeness (QED) is 0.375.